The number of hydrogen-bond acceptors (Lipinski definition) is 4. The van der Waals surface area contributed by atoms with Crippen molar-refractivity contribution in [3.63, 3.8) is 0 Å². The molecule has 5 unspecified atom stereocenters. The lowest BCUT2D eigenvalue weighted by Crippen LogP contribution is -2.40. The van der Waals surface area contributed by atoms with Crippen LogP contribution in [0.1, 0.15) is 36.6 Å². The van der Waals surface area contributed by atoms with E-state index in [4.69, 9.17) is 21.1 Å². The van der Waals surface area contributed by atoms with Gasteiger partial charge in [0.15, 0.2) is 0 Å². The highest BCUT2D eigenvalue weighted by atomic mass is 35.5. The Morgan fingerprint density at radius 1 is 1.07 bits per heavy atom. The summed E-state index contributed by atoms with van der Waals surface area (Å²) < 4.78 is 11.5. The number of fused-ring (bicyclic) bond motifs is 1. The molecule has 0 bridgehead atoms. The molecule has 0 aromatic heterocycles. The molecule has 2 aliphatic rings. The zero-order chi connectivity index (χ0) is 19.1. The maximum atomic E-state index is 10.5. The van der Waals surface area contributed by atoms with Gasteiger partial charge in [-0.25, -0.2) is 0 Å². The summed E-state index contributed by atoms with van der Waals surface area (Å²) in [6.07, 6.45) is -1.49. The number of halogens is 1. The summed E-state index contributed by atoms with van der Waals surface area (Å²) in [5.41, 5.74) is 2.94. The third-order valence-electron chi connectivity index (χ3n) is 5.75. The van der Waals surface area contributed by atoms with Crippen LogP contribution in [0.4, 0.5) is 0 Å². The van der Waals surface area contributed by atoms with Crippen molar-refractivity contribution in [3.8, 4) is 5.75 Å². The largest absolute Gasteiger partial charge is 0.494 e. The Kier molecular flexibility index (Phi) is 5.17. The van der Waals surface area contributed by atoms with Gasteiger partial charge in [0.2, 0.25) is 0 Å². The fraction of sp³-hybridized carbons (Fsp3) is 0.455. The predicted molar refractivity (Wildman–Crippen MR) is 104 cm³/mol. The van der Waals surface area contributed by atoms with E-state index in [9.17, 15) is 10.2 Å². The van der Waals surface area contributed by atoms with E-state index in [-0.39, 0.29) is 17.9 Å². The molecule has 6 atom stereocenters. The second-order valence-corrected chi connectivity index (χ2v) is 7.95. The Bertz CT molecular complexity index is 806. The van der Waals surface area contributed by atoms with Crippen LogP contribution in [-0.4, -0.2) is 35.1 Å². The van der Waals surface area contributed by atoms with Crippen molar-refractivity contribution in [1.29, 1.82) is 0 Å². The second-order valence-electron chi connectivity index (χ2n) is 7.54. The smallest absolute Gasteiger partial charge is 0.119 e. The Balaban J connectivity index is 1.54. The minimum atomic E-state index is -0.921. The maximum absolute atomic E-state index is 10.5. The van der Waals surface area contributed by atoms with Gasteiger partial charge in [0.25, 0.3) is 0 Å². The number of hydrogen-bond donors (Lipinski definition) is 2. The van der Waals surface area contributed by atoms with Crippen molar-refractivity contribution in [2.24, 2.45) is 11.8 Å². The third-order valence-corrected chi connectivity index (χ3v) is 6.12. The van der Waals surface area contributed by atoms with Crippen LogP contribution < -0.4 is 4.74 Å². The molecule has 1 aliphatic heterocycles. The van der Waals surface area contributed by atoms with Crippen LogP contribution in [0.3, 0.4) is 0 Å². The van der Waals surface area contributed by atoms with Crippen LogP contribution in [0.25, 0.3) is 0 Å². The van der Waals surface area contributed by atoms with E-state index in [2.05, 4.69) is 0 Å². The van der Waals surface area contributed by atoms with E-state index in [0.717, 1.165) is 22.4 Å². The zero-order valence-corrected chi connectivity index (χ0v) is 16.3. The summed E-state index contributed by atoms with van der Waals surface area (Å²) in [5, 5.41) is 21.5. The van der Waals surface area contributed by atoms with Crippen LogP contribution in [0.2, 0.25) is 5.02 Å². The van der Waals surface area contributed by atoms with Crippen LogP contribution in [0.5, 0.6) is 5.75 Å². The Labute approximate surface area is 164 Å². The lowest BCUT2D eigenvalue weighted by atomic mass is 9.93. The number of aliphatic hydroxyl groups excluding tert-OH is 2. The van der Waals surface area contributed by atoms with Crippen molar-refractivity contribution in [1.82, 2.24) is 0 Å². The first-order chi connectivity index (χ1) is 13.0. The molecular formula is C22H25ClO4. The van der Waals surface area contributed by atoms with Gasteiger partial charge in [0.05, 0.1) is 18.8 Å². The highest BCUT2D eigenvalue weighted by Gasteiger charge is 2.60. The Morgan fingerprint density at radius 2 is 1.81 bits per heavy atom. The standard InChI is InChI=1S/C22H25ClO4/c1-3-26-16-7-4-13(5-8-16)10-15-11-14(6-9-17(15)23)22-20(25)19(24)18-12(2)21(18)27-22/h4-9,11-12,18-22,24-25H,3,10H2,1-2H3/t12?,18?,19?,20-,21?,22?/m1/s1. The van der Waals surface area contributed by atoms with Gasteiger partial charge < -0.3 is 19.7 Å². The third kappa shape index (κ3) is 3.59. The highest BCUT2D eigenvalue weighted by Crippen LogP contribution is 2.52. The summed E-state index contributed by atoms with van der Waals surface area (Å²) >= 11 is 6.41. The van der Waals surface area contributed by atoms with Crippen LogP contribution in [0.15, 0.2) is 42.5 Å². The average Bonchev–Trinajstić information content (AvgIpc) is 3.32. The monoisotopic (exact) mass is 388 g/mol. The first-order valence-corrected chi connectivity index (χ1v) is 9.89. The number of rotatable bonds is 5. The molecule has 2 aromatic carbocycles. The molecule has 4 rings (SSSR count). The number of benzene rings is 2. The van der Waals surface area contributed by atoms with Gasteiger partial charge >= 0.3 is 0 Å². The molecule has 2 aromatic rings. The van der Waals surface area contributed by atoms with E-state index >= 15 is 0 Å². The van der Waals surface area contributed by atoms with Gasteiger partial charge in [0, 0.05) is 10.9 Å². The van der Waals surface area contributed by atoms with Gasteiger partial charge in [-0.05, 0) is 54.2 Å². The fourth-order valence-electron chi connectivity index (χ4n) is 4.11. The fourth-order valence-corrected chi connectivity index (χ4v) is 4.29. The quantitative estimate of drug-likeness (QED) is 0.818. The minimum absolute atomic E-state index is 0.0265. The molecule has 1 aliphatic carbocycles. The molecule has 2 fully saturated rings. The summed E-state index contributed by atoms with van der Waals surface area (Å²) in [6, 6.07) is 13.7. The van der Waals surface area contributed by atoms with Crippen molar-refractivity contribution in [2.75, 3.05) is 6.61 Å². The Hall–Kier alpha value is -1.59. The molecule has 27 heavy (non-hydrogen) atoms. The van der Waals surface area contributed by atoms with Gasteiger partial charge in [-0.1, -0.05) is 42.8 Å². The van der Waals surface area contributed by atoms with Gasteiger partial charge in [-0.3, -0.25) is 0 Å². The Morgan fingerprint density at radius 3 is 2.52 bits per heavy atom. The topological polar surface area (TPSA) is 58.9 Å². The summed E-state index contributed by atoms with van der Waals surface area (Å²) in [7, 11) is 0. The molecule has 0 radical (unpaired) electrons. The van der Waals surface area contributed by atoms with Crippen molar-refractivity contribution < 1.29 is 19.7 Å². The van der Waals surface area contributed by atoms with Crippen molar-refractivity contribution in [2.45, 2.75) is 44.7 Å². The zero-order valence-electron chi connectivity index (χ0n) is 15.5. The minimum Gasteiger partial charge on any atom is -0.494 e. The van der Waals surface area contributed by atoms with E-state index < -0.39 is 18.3 Å². The van der Waals surface area contributed by atoms with Gasteiger partial charge in [-0.2, -0.15) is 0 Å². The van der Waals surface area contributed by atoms with E-state index in [1.807, 2.05) is 56.3 Å². The van der Waals surface area contributed by atoms with E-state index in [0.29, 0.717) is 18.1 Å². The maximum Gasteiger partial charge on any atom is 0.119 e. The van der Waals surface area contributed by atoms with Crippen molar-refractivity contribution >= 4 is 11.6 Å². The molecule has 2 N–H and O–H groups in total. The summed E-state index contributed by atoms with van der Waals surface area (Å²) in [4.78, 5) is 0. The summed E-state index contributed by atoms with van der Waals surface area (Å²) in [5.74, 6) is 1.18. The molecule has 0 spiro atoms. The summed E-state index contributed by atoms with van der Waals surface area (Å²) in [6.45, 7) is 4.65. The number of aliphatic hydroxyl groups is 2. The molecule has 0 amide bonds. The normalized spacial score (nSPS) is 32.0. The van der Waals surface area contributed by atoms with Crippen LogP contribution in [-0.2, 0) is 11.2 Å². The molecule has 144 valence electrons. The van der Waals surface area contributed by atoms with Crippen molar-refractivity contribution in [3.05, 3.63) is 64.2 Å². The molecular weight excluding hydrogens is 364 g/mol. The van der Waals surface area contributed by atoms with Gasteiger partial charge in [-0.15, -0.1) is 0 Å². The molecule has 4 nitrogen and oxygen atoms in total. The first kappa shape index (κ1) is 18.8. The van der Waals surface area contributed by atoms with E-state index in [1.54, 1.807) is 0 Å². The SMILES string of the molecule is CCOc1ccc(Cc2cc(C3OC4C(C)C4C(O)[C@H]3O)ccc2Cl)cc1. The first-order valence-electron chi connectivity index (χ1n) is 9.51. The second kappa shape index (κ2) is 7.44. The lowest BCUT2D eigenvalue weighted by molar-refractivity contribution is -0.142. The molecule has 1 saturated heterocycles. The molecule has 1 heterocycles. The predicted octanol–water partition coefficient (Wildman–Crippen LogP) is 3.76. The van der Waals surface area contributed by atoms with Crippen LogP contribution in [0, 0.1) is 11.8 Å². The number of ether oxygens (including phenoxy) is 2. The van der Waals surface area contributed by atoms with E-state index in [1.165, 1.54) is 0 Å². The molecule has 1 saturated carbocycles. The highest BCUT2D eigenvalue weighted by molar-refractivity contribution is 6.31. The lowest BCUT2D eigenvalue weighted by Gasteiger charge is -2.32. The molecule has 5 heteroatoms. The van der Waals surface area contributed by atoms with Gasteiger partial charge in [0.1, 0.15) is 18.0 Å². The van der Waals surface area contributed by atoms with Crippen LogP contribution >= 0.6 is 11.6 Å². The average molecular weight is 389 g/mol.